The van der Waals surface area contributed by atoms with Crippen molar-refractivity contribution in [1.29, 1.82) is 5.26 Å². The number of H-pyrrole nitrogens is 1. The Morgan fingerprint density at radius 3 is 3.06 bits per heavy atom. The molecule has 1 aliphatic rings. The average molecular weight is 217 g/mol. The van der Waals surface area contributed by atoms with Gasteiger partial charge in [0.1, 0.15) is 5.82 Å². The van der Waals surface area contributed by atoms with Crippen molar-refractivity contribution in [1.82, 2.24) is 9.97 Å². The summed E-state index contributed by atoms with van der Waals surface area (Å²) in [6.45, 7) is 0. The second-order valence-electron chi connectivity index (χ2n) is 4.16. The van der Waals surface area contributed by atoms with Crippen molar-refractivity contribution in [3.63, 3.8) is 0 Å². The number of unbranched alkanes of at least 4 members (excludes halogenated alkanes) is 2. The van der Waals surface area contributed by atoms with Crippen LogP contribution < -0.4 is 5.56 Å². The molecule has 0 spiro atoms. The number of aromatic amines is 1. The molecule has 1 aromatic rings. The second-order valence-corrected chi connectivity index (χ2v) is 4.16. The standard InChI is InChI=1S/C12H15N3O/c13-8-3-1-2-7-11-14-10-6-4-5-9(10)12(16)15-11/h1-7H2,(H,14,15,16). The molecule has 1 aromatic heterocycles. The molecule has 0 atom stereocenters. The maximum atomic E-state index is 11.7. The number of fused-ring (bicyclic) bond motifs is 1. The number of aryl methyl sites for hydroxylation is 2. The number of hydrogen-bond donors (Lipinski definition) is 1. The summed E-state index contributed by atoms with van der Waals surface area (Å²) in [6, 6.07) is 2.11. The van der Waals surface area contributed by atoms with Crippen molar-refractivity contribution in [2.75, 3.05) is 0 Å². The average Bonchev–Trinajstić information content (AvgIpc) is 2.73. The van der Waals surface area contributed by atoms with Crippen LogP contribution in [0.15, 0.2) is 4.79 Å². The monoisotopic (exact) mass is 217 g/mol. The Labute approximate surface area is 94.3 Å². The number of aromatic nitrogens is 2. The van der Waals surface area contributed by atoms with Gasteiger partial charge in [-0.05, 0) is 32.1 Å². The van der Waals surface area contributed by atoms with E-state index in [0.717, 1.165) is 55.6 Å². The molecule has 0 aliphatic heterocycles. The van der Waals surface area contributed by atoms with Crippen LogP contribution in [0.2, 0.25) is 0 Å². The maximum Gasteiger partial charge on any atom is 0.254 e. The van der Waals surface area contributed by atoms with Crippen LogP contribution in [0.4, 0.5) is 0 Å². The van der Waals surface area contributed by atoms with Gasteiger partial charge in [0.25, 0.3) is 5.56 Å². The molecule has 0 amide bonds. The molecule has 0 saturated heterocycles. The fourth-order valence-electron chi connectivity index (χ4n) is 2.11. The van der Waals surface area contributed by atoms with Crippen molar-refractivity contribution < 1.29 is 0 Å². The lowest BCUT2D eigenvalue weighted by Crippen LogP contribution is -2.17. The van der Waals surface area contributed by atoms with Crippen LogP contribution in [0.3, 0.4) is 0 Å². The lowest BCUT2D eigenvalue weighted by atomic mass is 10.2. The molecule has 0 unspecified atom stereocenters. The molecule has 4 heteroatoms. The van der Waals surface area contributed by atoms with E-state index in [-0.39, 0.29) is 5.56 Å². The van der Waals surface area contributed by atoms with Gasteiger partial charge < -0.3 is 4.98 Å². The highest BCUT2D eigenvalue weighted by atomic mass is 16.1. The van der Waals surface area contributed by atoms with Gasteiger partial charge in [0, 0.05) is 18.4 Å². The summed E-state index contributed by atoms with van der Waals surface area (Å²) in [5.74, 6) is 0.781. The van der Waals surface area contributed by atoms with Crippen LogP contribution >= 0.6 is 0 Å². The first kappa shape index (κ1) is 10.9. The zero-order valence-electron chi connectivity index (χ0n) is 9.25. The van der Waals surface area contributed by atoms with Crippen molar-refractivity contribution in [2.24, 2.45) is 0 Å². The highest BCUT2D eigenvalue weighted by Gasteiger charge is 2.16. The first-order valence-corrected chi connectivity index (χ1v) is 5.79. The highest BCUT2D eigenvalue weighted by Crippen LogP contribution is 2.15. The smallest absolute Gasteiger partial charge is 0.254 e. The molecule has 1 aliphatic carbocycles. The van der Waals surface area contributed by atoms with E-state index in [2.05, 4.69) is 16.0 Å². The van der Waals surface area contributed by atoms with Gasteiger partial charge in [-0.15, -0.1) is 0 Å². The molecule has 0 fully saturated rings. The quantitative estimate of drug-likeness (QED) is 0.777. The normalized spacial score (nSPS) is 13.4. The van der Waals surface area contributed by atoms with Gasteiger partial charge >= 0.3 is 0 Å². The molecule has 4 nitrogen and oxygen atoms in total. The lowest BCUT2D eigenvalue weighted by molar-refractivity contribution is 0.712. The van der Waals surface area contributed by atoms with E-state index < -0.39 is 0 Å². The summed E-state index contributed by atoms with van der Waals surface area (Å²) >= 11 is 0. The van der Waals surface area contributed by atoms with Crippen LogP contribution in [0.5, 0.6) is 0 Å². The molecule has 0 aromatic carbocycles. The number of nitrogens with one attached hydrogen (secondary N) is 1. The summed E-state index contributed by atoms with van der Waals surface area (Å²) in [5.41, 5.74) is 1.90. The zero-order valence-corrected chi connectivity index (χ0v) is 9.25. The van der Waals surface area contributed by atoms with Crippen molar-refractivity contribution in [3.8, 4) is 6.07 Å². The Morgan fingerprint density at radius 1 is 1.38 bits per heavy atom. The minimum Gasteiger partial charge on any atom is -0.310 e. The number of nitrogens with zero attached hydrogens (tertiary/aromatic N) is 2. The molecule has 0 radical (unpaired) electrons. The van der Waals surface area contributed by atoms with Crippen LogP contribution in [0.25, 0.3) is 0 Å². The van der Waals surface area contributed by atoms with E-state index in [4.69, 9.17) is 5.26 Å². The Kier molecular flexibility index (Phi) is 3.35. The molecular formula is C12H15N3O. The second kappa shape index (κ2) is 4.93. The van der Waals surface area contributed by atoms with E-state index in [1.807, 2.05) is 0 Å². The van der Waals surface area contributed by atoms with E-state index >= 15 is 0 Å². The van der Waals surface area contributed by atoms with Crippen LogP contribution in [0, 0.1) is 11.3 Å². The van der Waals surface area contributed by atoms with Crippen LogP contribution in [0.1, 0.15) is 42.8 Å². The molecular weight excluding hydrogens is 202 g/mol. The van der Waals surface area contributed by atoms with Gasteiger partial charge in [-0.2, -0.15) is 5.26 Å². The van der Waals surface area contributed by atoms with Crippen molar-refractivity contribution >= 4 is 0 Å². The SMILES string of the molecule is N#CCCCCc1nc2c(c(=O)[nH]1)CCC2. The van der Waals surface area contributed by atoms with Crippen LogP contribution in [-0.2, 0) is 19.3 Å². The molecule has 84 valence electrons. The fourth-order valence-corrected chi connectivity index (χ4v) is 2.11. The third-order valence-electron chi connectivity index (χ3n) is 2.94. The van der Waals surface area contributed by atoms with Gasteiger partial charge in [-0.3, -0.25) is 4.79 Å². The van der Waals surface area contributed by atoms with Gasteiger partial charge in [0.15, 0.2) is 0 Å². The molecule has 16 heavy (non-hydrogen) atoms. The first-order chi connectivity index (χ1) is 7.81. The minimum absolute atomic E-state index is 0.0396. The predicted molar refractivity (Wildman–Crippen MR) is 60.1 cm³/mol. The molecule has 0 saturated carbocycles. The minimum atomic E-state index is 0.0396. The van der Waals surface area contributed by atoms with E-state index in [9.17, 15) is 4.79 Å². The topological polar surface area (TPSA) is 69.5 Å². The van der Waals surface area contributed by atoms with E-state index in [1.54, 1.807) is 0 Å². The fraction of sp³-hybridized carbons (Fsp3) is 0.583. The maximum absolute atomic E-state index is 11.7. The van der Waals surface area contributed by atoms with Crippen molar-refractivity contribution in [3.05, 3.63) is 27.4 Å². The third-order valence-corrected chi connectivity index (χ3v) is 2.94. The predicted octanol–water partition coefficient (Wildman–Crippen LogP) is 1.49. The number of nitriles is 1. The lowest BCUT2D eigenvalue weighted by Gasteiger charge is -2.02. The summed E-state index contributed by atoms with van der Waals surface area (Å²) < 4.78 is 0. The van der Waals surface area contributed by atoms with Gasteiger partial charge in [-0.1, -0.05) is 0 Å². The van der Waals surface area contributed by atoms with Gasteiger partial charge in [-0.25, -0.2) is 4.98 Å². The summed E-state index contributed by atoms with van der Waals surface area (Å²) in [4.78, 5) is 19.0. The molecule has 0 bridgehead atoms. The first-order valence-electron chi connectivity index (χ1n) is 5.79. The van der Waals surface area contributed by atoms with E-state index in [0.29, 0.717) is 6.42 Å². The molecule has 1 N–H and O–H groups in total. The summed E-state index contributed by atoms with van der Waals surface area (Å²) in [6.07, 6.45) is 5.98. The highest BCUT2D eigenvalue weighted by molar-refractivity contribution is 5.22. The van der Waals surface area contributed by atoms with Gasteiger partial charge in [0.2, 0.25) is 0 Å². The number of rotatable bonds is 4. The summed E-state index contributed by atoms with van der Waals surface area (Å²) in [5, 5.41) is 8.41. The van der Waals surface area contributed by atoms with Crippen molar-refractivity contribution in [2.45, 2.75) is 44.9 Å². The molecule has 2 rings (SSSR count). The molecule has 1 heterocycles. The summed E-state index contributed by atoms with van der Waals surface area (Å²) in [7, 11) is 0. The Hall–Kier alpha value is -1.63. The third kappa shape index (κ3) is 2.30. The van der Waals surface area contributed by atoms with Crippen LogP contribution in [-0.4, -0.2) is 9.97 Å². The number of hydrogen-bond acceptors (Lipinski definition) is 3. The Morgan fingerprint density at radius 2 is 2.25 bits per heavy atom. The largest absolute Gasteiger partial charge is 0.310 e. The Balaban J connectivity index is 2.04. The van der Waals surface area contributed by atoms with Gasteiger partial charge in [0.05, 0.1) is 11.8 Å². The van der Waals surface area contributed by atoms with E-state index in [1.165, 1.54) is 0 Å². The Bertz CT molecular complexity index is 470. The zero-order chi connectivity index (χ0) is 11.4.